The monoisotopic (exact) mass is 406 g/mol. The van der Waals surface area contributed by atoms with Crippen LogP contribution in [0.15, 0.2) is 77.9 Å². The summed E-state index contributed by atoms with van der Waals surface area (Å²) in [5.41, 5.74) is 3.95. The Balaban J connectivity index is 1.80. The predicted octanol–water partition coefficient (Wildman–Crippen LogP) is 7.00. The van der Waals surface area contributed by atoms with Gasteiger partial charge in [0.15, 0.2) is 0 Å². The van der Waals surface area contributed by atoms with Crippen molar-refractivity contribution in [3.05, 3.63) is 101 Å². The summed E-state index contributed by atoms with van der Waals surface area (Å²) < 4.78 is 53.9. The second-order valence-corrected chi connectivity index (χ2v) is 7.00. The standard InChI is InChI=1S/C24H14F4N2/c25-19-5-3-7-21-23(19)18(13-30-21)22(14-8-10-15(11-9-14)24(26,27)28)17-12-29-20-6-2-1-4-16(17)20/h1-13,30H/b22-17+. The normalized spacial score (nSPS) is 14.9. The number of para-hydroxylation sites is 1. The highest BCUT2D eigenvalue weighted by Crippen LogP contribution is 2.42. The number of halogens is 4. The van der Waals surface area contributed by atoms with Crippen LogP contribution in [-0.4, -0.2) is 11.2 Å². The molecule has 1 aliphatic rings. The van der Waals surface area contributed by atoms with Gasteiger partial charge in [0, 0.05) is 45.6 Å². The van der Waals surface area contributed by atoms with Crippen LogP contribution in [0.25, 0.3) is 22.0 Å². The van der Waals surface area contributed by atoms with Crippen molar-refractivity contribution >= 4 is 34.0 Å². The number of aromatic amines is 1. The van der Waals surface area contributed by atoms with Gasteiger partial charge in [-0.2, -0.15) is 13.2 Å². The lowest BCUT2D eigenvalue weighted by Gasteiger charge is -2.14. The third kappa shape index (κ3) is 2.92. The van der Waals surface area contributed by atoms with Crippen molar-refractivity contribution in [1.29, 1.82) is 0 Å². The zero-order valence-electron chi connectivity index (χ0n) is 15.5. The fourth-order valence-electron chi connectivity index (χ4n) is 3.84. The highest BCUT2D eigenvalue weighted by Gasteiger charge is 2.30. The summed E-state index contributed by atoms with van der Waals surface area (Å²) in [6, 6.07) is 17.1. The van der Waals surface area contributed by atoms with E-state index < -0.39 is 17.6 Å². The van der Waals surface area contributed by atoms with Gasteiger partial charge in [0.05, 0.1) is 11.3 Å². The van der Waals surface area contributed by atoms with Crippen LogP contribution in [0.5, 0.6) is 0 Å². The molecule has 0 saturated carbocycles. The van der Waals surface area contributed by atoms with Crippen LogP contribution in [0.2, 0.25) is 0 Å². The van der Waals surface area contributed by atoms with Gasteiger partial charge in [-0.1, -0.05) is 36.4 Å². The number of hydrogen-bond acceptors (Lipinski definition) is 1. The molecule has 0 aliphatic carbocycles. The number of H-pyrrole nitrogens is 1. The van der Waals surface area contributed by atoms with Crippen molar-refractivity contribution in [3.63, 3.8) is 0 Å². The van der Waals surface area contributed by atoms with E-state index in [1.165, 1.54) is 18.2 Å². The van der Waals surface area contributed by atoms with Gasteiger partial charge in [-0.15, -0.1) is 0 Å². The van der Waals surface area contributed by atoms with Crippen LogP contribution < -0.4 is 0 Å². The molecule has 3 aromatic carbocycles. The molecule has 30 heavy (non-hydrogen) atoms. The summed E-state index contributed by atoms with van der Waals surface area (Å²) in [5.74, 6) is -0.406. The first kappa shape index (κ1) is 18.4. The summed E-state index contributed by atoms with van der Waals surface area (Å²) in [6.45, 7) is 0. The van der Waals surface area contributed by atoms with Crippen LogP contribution in [0.4, 0.5) is 23.2 Å². The molecule has 0 radical (unpaired) electrons. The second-order valence-electron chi connectivity index (χ2n) is 7.00. The molecule has 1 aromatic heterocycles. The van der Waals surface area contributed by atoms with Gasteiger partial charge in [-0.3, -0.25) is 4.99 Å². The Morgan fingerprint density at radius 3 is 2.40 bits per heavy atom. The highest BCUT2D eigenvalue weighted by atomic mass is 19.4. The minimum Gasteiger partial charge on any atom is -0.360 e. The van der Waals surface area contributed by atoms with E-state index in [1.54, 1.807) is 24.5 Å². The average molecular weight is 406 g/mol. The molecule has 1 N–H and O–H groups in total. The number of aromatic nitrogens is 1. The van der Waals surface area contributed by atoms with Crippen molar-refractivity contribution in [2.45, 2.75) is 6.18 Å². The van der Waals surface area contributed by atoms with E-state index in [0.717, 1.165) is 29.0 Å². The molecule has 0 atom stereocenters. The van der Waals surface area contributed by atoms with Gasteiger partial charge in [-0.25, -0.2) is 4.39 Å². The Hall–Kier alpha value is -3.67. The minimum absolute atomic E-state index is 0.387. The van der Waals surface area contributed by atoms with Crippen molar-refractivity contribution < 1.29 is 17.6 Å². The van der Waals surface area contributed by atoms with Crippen LogP contribution in [0.1, 0.15) is 22.3 Å². The van der Waals surface area contributed by atoms with Gasteiger partial charge in [-0.05, 0) is 35.9 Å². The number of benzene rings is 3. The van der Waals surface area contributed by atoms with E-state index in [0.29, 0.717) is 27.6 Å². The number of nitrogens with zero attached hydrogens (tertiary/aromatic N) is 1. The number of aliphatic imine (C=N–C) groups is 1. The third-order valence-corrected chi connectivity index (χ3v) is 5.22. The maximum absolute atomic E-state index is 14.7. The Morgan fingerprint density at radius 1 is 0.867 bits per heavy atom. The van der Waals surface area contributed by atoms with Crippen molar-refractivity contribution in [3.8, 4) is 0 Å². The summed E-state index contributed by atoms with van der Waals surface area (Å²) in [4.78, 5) is 7.49. The first-order chi connectivity index (χ1) is 14.4. The lowest BCUT2D eigenvalue weighted by molar-refractivity contribution is -0.137. The first-order valence-corrected chi connectivity index (χ1v) is 9.25. The topological polar surface area (TPSA) is 28.1 Å². The number of hydrogen-bond donors (Lipinski definition) is 1. The molecule has 1 aliphatic heterocycles. The fourth-order valence-corrected chi connectivity index (χ4v) is 3.84. The minimum atomic E-state index is -4.43. The van der Waals surface area contributed by atoms with E-state index in [9.17, 15) is 17.6 Å². The smallest absolute Gasteiger partial charge is 0.360 e. The lowest BCUT2D eigenvalue weighted by atomic mass is 9.89. The molecular formula is C24H14F4N2. The maximum atomic E-state index is 14.7. The zero-order valence-corrected chi connectivity index (χ0v) is 15.5. The number of allylic oxidation sites excluding steroid dienone is 1. The largest absolute Gasteiger partial charge is 0.416 e. The maximum Gasteiger partial charge on any atom is 0.416 e. The molecule has 0 bridgehead atoms. The molecule has 0 fully saturated rings. The van der Waals surface area contributed by atoms with E-state index in [2.05, 4.69) is 9.98 Å². The lowest BCUT2D eigenvalue weighted by Crippen LogP contribution is -2.04. The Morgan fingerprint density at radius 2 is 1.63 bits per heavy atom. The molecule has 2 nitrogen and oxygen atoms in total. The molecule has 0 saturated heterocycles. The molecule has 4 aromatic rings. The molecule has 6 heteroatoms. The molecule has 0 amide bonds. The van der Waals surface area contributed by atoms with E-state index in [1.807, 2.05) is 24.3 Å². The van der Waals surface area contributed by atoms with E-state index in [4.69, 9.17) is 0 Å². The van der Waals surface area contributed by atoms with Gasteiger partial charge in [0.2, 0.25) is 0 Å². The zero-order chi connectivity index (χ0) is 20.9. The van der Waals surface area contributed by atoms with Crippen molar-refractivity contribution in [2.24, 2.45) is 4.99 Å². The van der Waals surface area contributed by atoms with Crippen LogP contribution in [0.3, 0.4) is 0 Å². The van der Waals surface area contributed by atoms with Crippen LogP contribution in [0, 0.1) is 5.82 Å². The number of rotatable bonds is 2. The molecule has 0 unspecified atom stereocenters. The summed E-state index contributed by atoms with van der Waals surface area (Å²) in [5, 5.41) is 0.387. The quantitative estimate of drug-likeness (QED) is 0.347. The molecule has 0 spiro atoms. The van der Waals surface area contributed by atoms with E-state index >= 15 is 0 Å². The second kappa shape index (κ2) is 6.69. The number of alkyl halides is 3. The van der Waals surface area contributed by atoms with Crippen LogP contribution in [-0.2, 0) is 6.18 Å². The Bertz CT molecular complexity index is 1330. The van der Waals surface area contributed by atoms with Crippen molar-refractivity contribution in [2.75, 3.05) is 0 Å². The summed E-state index contributed by atoms with van der Waals surface area (Å²) in [6.07, 6.45) is -1.07. The highest BCUT2D eigenvalue weighted by molar-refractivity contribution is 6.27. The fraction of sp³-hybridized carbons (Fsp3) is 0.0417. The predicted molar refractivity (Wildman–Crippen MR) is 110 cm³/mol. The summed E-state index contributed by atoms with van der Waals surface area (Å²) in [7, 11) is 0. The molecule has 5 rings (SSSR count). The van der Waals surface area contributed by atoms with E-state index in [-0.39, 0.29) is 0 Å². The van der Waals surface area contributed by atoms with Gasteiger partial charge < -0.3 is 4.98 Å². The molecule has 2 heterocycles. The number of nitrogens with one attached hydrogen (secondary N) is 1. The Kier molecular flexibility index (Phi) is 4.10. The van der Waals surface area contributed by atoms with Gasteiger partial charge in [0.1, 0.15) is 5.82 Å². The van der Waals surface area contributed by atoms with Gasteiger partial charge >= 0.3 is 6.18 Å². The average Bonchev–Trinajstić information content (AvgIpc) is 3.34. The summed E-state index contributed by atoms with van der Waals surface area (Å²) >= 11 is 0. The first-order valence-electron chi connectivity index (χ1n) is 9.25. The molecular weight excluding hydrogens is 392 g/mol. The van der Waals surface area contributed by atoms with Gasteiger partial charge in [0.25, 0.3) is 0 Å². The SMILES string of the molecule is Fc1cccc2[nH]cc(/C(=C3\C=Nc4ccccc43)c3ccc(C(F)(F)F)cc3)c12. The number of fused-ring (bicyclic) bond motifs is 2. The molecule has 148 valence electrons. The Labute approximate surface area is 169 Å². The third-order valence-electron chi connectivity index (χ3n) is 5.22. The van der Waals surface area contributed by atoms with Crippen LogP contribution >= 0.6 is 0 Å². The van der Waals surface area contributed by atoms with Crippen molar-refractivity contribution in [1.82, 2.24) is 4.98 Å².